The normalized spacial score (nSPS) is 17.6. The second-order valence-corrected chi connectivity index (χ2v) is 4.62. The van der Waals surface area contributed by atoms with Crippen LogP contribution in [0.1, 0.15) is 49.3 Å². The van der Waals surface area contributed by atoms with Crippen LogP contribution in [0, 0.1) is 0 Å². The molecule has 0 amide bonds. The number of hydrogen-bond acceptors (Lipinski definition) is 2. The van der Waals surface area contributed by atoms with Crippen molar-refractivity contribution in [2.75, 3.05) is 0 Å². The number of hydrogen-bond donors (Lipinski definition) is 1. The van der Waals surface area contributed by atoms with E-state index >= 15 is 0 Å². The van der Waals surface area contributed by atoms with Crippen LogP contribution in [0.4, 0.5) is 0 Å². The van der Waals surface area contributed by atoms with Crippen molar-refractivity contribution in [1.29, 1.82) is 0 Å². The van der Waals surface area contributed by atoms with E-state index in [1.165, 1.54) is 19.3 Å². The summed E-state index contributed by atoms with van der Waals surface area (Å²) in [6.45, 7) is 0. The van der Waals surface area contributed by atoms with E-state index in [1.54, 1.807) is 4.68 Å². The topological polar surface area (TPSA) is 55.1 Å². The van der Waals surface area contributed by atoms with Crippen LogP contribution in [0.15, 0.2) is 6.20 Å². The first-order valence-corrected chi connectivity index (χ1v) is 5.91. The molecule has 0 spiro atoms. The van der Waals surface area contributed by atoms with E-state index in [4.69, 9.17) is 5.11 Å². The molecular formula is C12H18N2O2. The van der Waals surface area contributed by atoms with Gasteiger partial charge in [0.2, 0.25) is 0 Å². The maximum absolute atomic E-state index is 10.8. The van der Waals surface area contributed by atoms with Crippen molar-refractivity contribution in [3.8, 4) is 0 Å². The molecule has 1 aliphatic carbocycles. The second-order valence-electron chi connectivity index (χ2n) is 4.62. The fourth-order valence-electron chi connectivity index (χ4n) is 2.57. The lowest BCUT2D eigenvalue weighted by Gasteiger charge is -2.20. The van der Waals surface area contributed by atoms with Crippen molar-refractivity contribution in [3.05, 3.63) is 17.5 Å². The first-order chi connectivity index (χ1) is 7.66. The highest BCUT2D eigenvalue weighted by Gasteiger charge is 2.22. The summed E-state index contributed by atoms with van der Waals surface area (Å²) in [7, 11) is 1.86. The summed E-state index contributed by atoms with van der Waals surface area (Å²) in [6, 6.07) is 0. The van der Waals surface area contributed by atoms with Crippen LogP contribution in [0.5, 0.6) is 0 Å². The first-order valence-electron chi connectivity index (χ1n) is 5.91. The molecule has 1 fully saturated rings. The lowest BCUT2D eigenvalue weighted by molar-refractivity contribution is -0.136. The molecule has 0 saturated heterocycles. The third-order valence-electron chi connectivity index (χ3n) is 3.27. The first kappa shape index (κ1) is 11.2. The van der Waals surface area contributed by atoms with E-state index in [0.717, 1.165) is 24.1 Å². The number of aromatic nitrogens is 2. The Labute approximate surface area is 95.3 Å². The molecule has 0 atom stereocenters. The SMILES string of the molecule is Cn1cc(CC(=O)O)c(C2CCCCC2)n1. The Morgan fingerprint density at radius 1 is 1.50 bits per heavy atom. The predicted octanol–water partition coefficient (Wildman–Crippen LogP) is 2.09. The van der Waals surface area contributed by atoms with Crippen LogP contribution in [0.25, 0.3) is 0 Å². The third kappa shape index (κ3) is 2.43. The van der Waals surface area contributed by atoms with Crippen molar-refractivity contribution in [1.82, 2.24) is 9.78 Å². The molecule has 2 rings (SSSR count). The molecule has 1 aliphatic rings. The summed E-state index contributed by atoms with van der Waals surface area (Å²) in [6.07, 6.45) is 8.05. The Hall–Kier alpha value is -1.32. The van der Waals surface area contributed by atoms with Gasteiger partial charge in [0.05, 0.1) is 12.1 Å². The van der Waals surface area contributed by atoms with Gasteiger partial charge < -0.3 is 5.11 Å². The minimum Gasteiger partial charge on any atom is -0.481 e. The Balaban J connectivity index is 2.20. The monoisotopic (exact) mass is 222 g/mol. The van der Waals surface area contributed by atoms with Gasteiger partial charge in [-0.15, -0.1) is 0 Å². The number of carboxylic acid groups (broad SMARTS) is 1. The molecule has 4 nitrogen and oxygen atoms in total. The number of rotatable bonds is 3. The Bertz CT molecular complexity index is 378. The standard InChI is InChI=1S/C12H18N2O2/c1-14-8-10(7-11(15)16)12(13-14)9-5-3-2-4-6-9/h8-9H,2-7H2,1H3,(H,15,16). The smallest absolute Gasteiger partial charge is 0.307 e. The number of aliphatic carboxylic acids is 1. The fraction of sp³-hybridized carbons (Fsp3) is 0.667. The van der Waals surface area contributed by atoms with Crippen LogP contribution >= 0.6 is 0 Å². The highest BCUT2D eigenvalue weighted by Crippen LogP contribution is 2.33. The van der Waals surface area contributed by atoms with Gasteiger partial charge in [0.25, 0.3) is 0 Å². The van der Waals surface area contributed by atoms with Gasteiger partial charge in [-0.3, -0.25) is 9.48 Å². The summed E-state index contributed by atoms with van der Waals surface area (Å²) in [4.78, 5) is 10.8. The molecule has 0 aromatic carbocycles. The molecule has 4 heteroatoms. The predicted molar refractivity (Wildman–Crippen MR) is 60.4 cm³/mol. The summed E-state index contributed by atoms with van der Waals surface area (Å²) in [5.41, 5.74) is 1.91. The zero-order valence-electron chi connectivity index (χ0n) is 9.65. The van der Waals surface area contributed by atoms with Crippen LogP contribution in [-0.4, -0.2) is 20.9 Å². The van der Waals surface area contributed by atoms with Gasteiger partial charge in [0.15, 0.2) is 0 Å². The lowest BCUT2D eigenvalue weighted by atomic mass is 9.85. The van der Waals surface area contributed by atoms with Gasteiger partial charge in [-0.2, -0.15) is 5.10 Å². The van der Waals surface area contributed by atoms with Gasteiger partial charge in [0.1, 0.15) is 0 Å². The summed E-state index contributed by atoms with van der Waals surface area (Å²) in [5, 5.41) is 13.3. The Morgan fingerprint density at radius 3 is 2.81 bits per heavy atom. The van der Waals surface area contributed by atoms with Crippen molar-refractivity contribution >= 4 is 5.97 Å². The number of aryl methyl sites for hydroxylation is 1. The van der Waals surface area contributed by atoms with Crippen LogP contribution in [-0.2, 0) is 18.3 Å². The Kier molecular flexibility index (Phi) is 3.27. The van der Waals surface area contributed by atoms with Gasteiger partial charge in [0, 0.05) is 24.7 Å². The molecule has 0 radical (unpaired) electrons. The number of carbonyl (C=O) groups is 1. The summed E-state index contributed by atoms with van der Waals surface area (Å²) in [5.74, 6) is -0.297. The van der Waals surface area contributed by atoms with E-state index in [9.17, 15) is 4.79 Å². The van der Waals surface area contributed by atoms with E-state index in [0.29, 0.717) is 5.92 Å². The van der Waals surface area contributed by atoms with Crippen LogP contribution in [0.3, 0.4) is 0 Å². The average molecular weight is 222 g/mol. The van der Waals surface area contributed by atoms with Crippen LogP contribution in [0.2, 0.25) is 0 Å². The van der Waals surface area contributed by atoms with Crippen LogP contribution < -0.4 is 0 Å². The third-order valence-corrected chi connectivity index (χ3v) is 3.27. The summed E-state index contributed by atoms with van der Waals surface area (Å²) < 4.78 is 1.74. The Morgan fingerprint density at radius 2 is 2.19 bits per heavy atom. The molecule has 0 aliphatic heterocycles. The molecular weight excluding hydrogens is 204 g/mol. The fourth-order valence-corrected chi connectivity index (χ4v) is 2.57. The minimum absolute atomic E-state index is 0.0969. The lowest BCUT2D eigenvalue weighted by Crippen LogP contribution is -2.09. The maximum Gasteiger partial charge on any atom is 0.307 e. The molecule has 0 bridgehead atoms. The van der Waals surface area contributed by atoms with Gasteiger partial charge >= 0.3 is 5.97 Å². The minimum atomic E-state index is -0.773. The zero-order chi connectivity index (χ0) is 11.5. The van der Waals surface area contributed by atoms with Crippen molar-refractivity contribution in [3.63, 3.8) is 0 Å². The molecule has 0 unspecified atom stereocenters. The molecule has 1 N–H and O–H groups in total. The summed E-state index contributed by atoms with van der Waals surface area (Å²) >= 11 is 0. The van der Waals surface area contributed by atoms with Crippen molar-refractivity contribution in [2.45, 2.75) is 44.4 Å². The quantitative estimate of drug-likeness (QED) is 0.852. The van der Waals surface area contributed by atoms with E-state index in [1.807, 2.05) is 13.2 Å². The van der Waals surface area contributed by atoms with E-state index in [-0.39, 0.29) is 6.42 Å². The average Bonchev–Trinajstić information content (AvgIpc) is 2.60. The molecule has 88 valence electrons. The zero-order valence-corrected chi connectivity index (χ0v) is 9.65. The second kappa shape index (κ2) is 4.68. The van der Waals surface area contributed by atoms with Gasteiger partial charge in [-0.25, -0.2) is 0 Å². The highest BCUT2D eigenvalue weighted by molar-refractivity contribution is 5.70. The van der Waals surface area contributed by atoms with Crippen molar-refractivity contribution in [2.24, 2.45) is 7.05 Å². The number of carboxylic acids is 1. The van der Waals surface area contributed by atoms with E-state index < -0.39 is 5.97 Å². The van der Waals surface area contributed by atoms with Gasteiger partial charge in [-0.1, -0.05) is 19.3 Å². The molecule has 1 heterocycles. The molecule has 1 aromatic rings. The highest BCUT2D eigenvalue weighted by atomic mass is 16.4. The van der Waals surface area contributed by atoms with E-state index in [2.05, 4.69) is 5.10 Å². The number of nitrogens with zero attached hydrogens (tertiary/aromatic N) is 2. The molecule has 1 saturated carbocycles. The molecule has 16 heavy (non-hydrogen) atoms. The largest absolute Gasteiger partial charge is 0.481 e. The maximum atomic E-state index is 10.8. The molecule has 1 aromatic heterocycles. The van der Waals surface area contributed by atoms with Crippen molar-refractivity contribution < 1.29 is 9.90 Å². The van der Waals surface area contributed by atoms with Gasteiger partial charge in [-0.05, 0) is 12.8 Å².